The number of carbonyl (C=O) groups excluding carboxylic acids is 1. The lowest BCUT2D eigenvalue weighted by molar-refractivity contribution is -0.133. The molecule has 3 aliphatic rings. The lowest BCUT2D eigenvalue weighted by atomic mass is 9.85. The number of fused-ring (bicyclic) bond motifs is 1. The molecule has 0 aromatic heterocycles. The van der Waals surface area contributed by atoms with Crippen molar-refractivity contribution in [3.8, 4) is 0 Å². The molecule has 1 saturated carbocycles. The van der Waals surface area contributed by atoms with Crippen molar-refractivity contribution < 1.29 is 13.2 Å². The first kappa shape index (κ1) is 14.3. The minimum atomic E-state index is -2.93. The van der Waals surface area contributed by atoms with E-state index in [-0.39, 0.29) is 29.5 Å². The van der Waals surface area contributed by atoms with Gasteiger partial charge in [-0.3, -0.25) is 4.79 Å². The molecule has 20 heavy (non-hydrogen) atoms. The Labute approximate surface area is 121 Å². The second kappa shape index (κ2) is 5.30. The van der Waals surface area contributed by atoms with Crippen LogP contribution in [0.25, 0.3) is 0 Å². The van der Waals surface area contributed by atoms with Crippen LogP contribution in [-0.4, -0.2) is 55.9 Å². The van der Waals surface area contributed by atoms with Crippen molar-refractivity contribution in [3.05, 3.63) is 0 Å². The van der Waals surface area contributed by atoms with Gasteiger partial charge < -0.3 is 10.2 Å². The van der Waals surface area contributed by atoms with Crippen LogP contribution in [0.4, 0.5) is 0 Å². The van der Waals surface area contributed by atoms with Crippen molar-refractivity contribution in [3.63, 3.8) is 0 Å². The van der Waals surface area contributed by atoms with Crippen LogP contribution in [-0.2, 0) is 14.6 Å². The van der Waals surface area contributed by atoms with E-state index < -0.39 is 9.84 Å². The lowest BCUT2D eigenvalue weighted by Gasteiger charge is -2.27. The van der Waals surface area contributed by atoms with Gasteiger partial charge in [-0.25, -0.2) is 8.42 Å². The molecule has 4 atom stereocenters. The maximum Gasteiger partial charge on any atom is 0.239 e. The van der Waals surface area contributed by atoms with Crippen LogP contribution in [0.1, 0.15) is 38.5 Å². The molecule has 3 rings (SSSR count). The van der Waals surface area contributed by atoms with Gasteiger partial charge in [0.2, 0.25) is 5.91 Å². The summed E-state index contributed by atoms with van der Waals surface area (Å²) in [4.78, 5) is 14.2. The number of sulfone groups is 1. The Balaban J connectivity index is 1.61. The highest BCUT2D eigenvalue weighted by atomic mass is 32.2. The standard InChI is InChI=1S/C14H24N2O3S/c1-16(11-6-7-20(18,19)9-11)14(17)13-8-10-4-2-3-5-12(10)15-13/h10-13,15H,2-9H2,1H3. The van der Waals surface area contributed by atoms with Crippen molar-refractivity contribution in [2.75, 3.05) is 18.6 Å². The highest BCUT2D eigenvalue weighted by Gasteiger charge is 2.41. The normalized spacial score (nSPS) is 39.5. The number of amides is 1. The van der Waals surface area contributed by atoms with E-state index >= 15 is 0 Å². The maximum atomic E-state index is 12.6. The van der Waals surface area contributed by atoms with E-state index in [0.717, 1.165) is 6.42 Å². The molecule has 1 amide bonds. The van der Waals surface area contributed by atoms with Crippen LogP contribution in [0, 0.1) is 5.92 Å². The number of hydrogen-bond donors (Lipinski definition) is 1. The minimum Gasteiger partial charge on any atom is -0.340 e. The van der Waals surface area contributed by atoms with Crippen molar-refractivity contribution in [1.29, 1.82) is 0 Å². The largest absolute Gasteiger partial charge is 0.340 e. The average molecular weight is 300 g/mol. The lowest BCUT2D eigenvalue weighted by Crippen LogP contribution is -2.48. The van der Waals surface area contributed by atoms with Gasteiger partial charge in [-0.15, -0.1) is 0 Å². The number of nitrogens with zero attached hydrogens (tertiary/aromatic N) is 1. The molecule has 0 aromatic rings. The minimum absolute atomic E-state index is 0.0847. The van der Waals surface area contributed by atoms with Crippen LogP contribution in [0.5, 0.6) is 0 Å². The second-order valence-corrected chi connectivity index (χ2v) is 8.84. The second-order valence-electron chi connectivity index (χ2n) is 6.61. The van der Waals surface area contributed by atoms with E-state index in [1.807, 2.05) is 0 Å². The molecule has 1 aliphatic carbocycles. The highest BCUT2D eigenvalue weighted by molar-refractivity contribution is 7.91. The van der Waals surface area contributed by atoms with Gasteiger partial charge in [0.1, 0.15) is 0 Å². The summed E-state index contributed by atoms with van der Waals surface area (Å²) >= 11 is 0. The molecule has 2 saturated heterocycles. The molecule has 6 heteroatoms. The van der Waals surface area contributed by atoms with Crippen molar-refractivity contribution in [1.82, 2.24) is 10.2 Å². The molecule has 2 aliphatic heterocycles. The van der Waals surface area contributed by atoms with Crippen molar-refractivity contribution >= 4 is 15.7 Å². The van der Waals surface area contributed by atoms with Crippen molar-refractivity contribution in [2.24, 2.45) is 5.92 Å². The predicted molar refractivity (Wildman–Crippen MR) is 77.1 cm³/mol. The average Bonchev–Trinajstić information content (AvgIpc) is 3.00. The Hall–Kier alpha value is -0.620. The topological polar surface area (TPSA) is 66.5 Å². The SMILES string of the molecule is CN(C(=O)C1CC2CCCCC2N1)C1CCS(=O)(=O)C1. The fraction of sp³-hybridized carbons (Fsp3) is 0.929. The van der Waals surface area contributed by atoms with Crippen LogP contribution in [0.15, 0.2) is 0 Å². The summed E-state index contributed by atoms with van der Waals surface area (Å²) in [6, 6.07) is 0.270. The van der Waals surface area contributed by atoms with E-state index in [0.29, 0.717) is 18.4 Å². The third-order valence-corrected chi connectivity index (χ3v) is 7.01. The Morgan fingerprint density at radius 3 is 2.60 bits per heavy atom. The number of nitrogens with one attached hydrogen (secondary N) is 1. The van der Waals surface area contributed by atoms with Gasteiger partial charge in [-0.2, -0.15) is 0 Å². The van der Waals surface area contributed by atoms with E-state index in [2.05, 4.69) is 5.32 Å². The molecule has 0 bridgehead atoms. The first-order chi connectivity index (χ1) is 9.46. The van der Waals surface area contributed by atoms with Crippen LogP contribution < -0.4 is 5.32 Å². The summed E-state index contributed by atoms with van der Waals surface area (Å²) in [6.45, 7) is 0. The van der Waals surface area contributed by atoms with Gasteiger partial charge in [-0.05, 0) is 31.6 Å². The highest BCUT2D eigenvalue weighted by Crippen LogP contribution is 2.34. The smallest absolute Gasteiger partial charge is 0.239 e. The summed E-state index contributed by atoms with van der Waals surface area (Å²) in [7, 11) is -1.17. The third-order valence-electron chi connectivity index (χ3n) is 5.26. The molecule has 4 unspecified atom stereocenters. The number of rotatable bonds is 2. The predicted octanol–water partition coefficient (Wildman–Crippen LogP) is 0.553. The zero-order chi connectivity index (χ0) is 14.3. The Kier molecular flexibility index (Phi) is 3.79. The van der Waals surface area contributed by atoms with E-state index in [1.165, 1.54) is 25.7 Å². The maximum absolute atomic E-state index is 12.6. The van der Waals surface area contributed by atoms with Gasteiger partial charge in [-0.1, -0.05) is 12.8 Å². The van der Waals surface area contributed by atoms with E-state index in [4.69, 9.17) is 0 Å². The molecule has 3 fully saturated rings. The third kappa shape index (κ3) is 2.72. The Bertz CT molecular complexity index is 477. The first-order valence-electron chi connectivity index (χ1n) is 7.69. The number of likely N-dealkylation sites (N-methyl/N-ethyl adjacent to an activating group) is 1. The molecule has 114 valence electrons. The van der Waals surface area contributed by atoms with Gasteiger partial charge >= 0.3 is 0 Å². The first-order valence-corrected chi connectivity index (χ1v) is 9.51. The van der Waals surface area contributed by atoms with Gasteiger partial charge in [0, 0.05) is 19.1 Å². The quantitative estimate of drug-likeness (QED) is 0.809. The zero-order valence-corrected chi connectivity index (χ0v) is 12.9. The molecular formula is C14H24N2O3S. The van der Waals surface area contributed by atoms with E-state index in [9.17, 15) is 13.2 Å². The summed E-state index contributed by atoms with van der Waals surface area (Å²) in [5.74, 6) is 1.08. The zero-order valence-electron chi connectivity index (χ0n) is 12.0. The summed E-state index contributed by atoms with van der Waals surface area (Å²) in [5.41, 5.74) is 0. The summed E-state index contributed by atoms with van der Waals surface area (Å²) in [6.07, 6.45) is 6.45. The summed E-state index contributed by atoms with van der Waals surface area (Å²) < 4.78 is 23.1. The molecule has 1 N–H and O–H groups in total. The molecule has 5 nitrogen and oxygen atoms in total. The van der Waals surface area contributed by atoms with Crippen molar-refractivity contribution in [2.45, 2.75) is 56.7 Å². The number of carbonyl (C=O) groups is 1. The number of hydrogen-bond acceptors (Lipinski definition) is 4. The Morgan fingerprint density at radius 1 is 1.20 bits per heavy atom. The van der Waals surface area contributed by atoms with Gasteiger partial charge in [0.05, 0.1) is 17.5 Å². The van der Waals surface area contributed by atoms with Crippen LogP contribution in [0.2, 0.25) is 0 Å². The summed E-state index contributed by atoms with van der Waals surface area (Å²) in [5, 5.41) is 3.48. The van der Waals surface area contributed by atoms with Gasteiger partial charge in [0.25, 0.3) is 0 Å². The molecule has 0 radical (unpaired) electrons. The van der Waals surface area contributed by atoms with Crippen LogP contribution in [0.3, 0.4) is 0 Å². The van der Waals surface area contributed by atoms with Gasteiger partial charge in [0.15, 0.2) is 9.84 Å². The monoisotopic (exact) mass is 300 g/mol. The van der Waals surface area contributed by atoms with Crippen LogP contribution >= 0.6 is 0 Å². The molecular weight excluding hydrogens is 276 g/mol. The Morgan fingerprint density at radius 2 is 1.95 bits per heavy atom. The fourth-order valence-electron chi connectivity index (χ4n) is 4.02. The molecule has 0 aromatic carbocycles. The fourth-order valence-corrected chi connectivity index (χ4v) is 5.79. The molecule has 0 spiro atoms. The molecule has 2 heterocycles. The van der Waals surface area contributed by atoms with E-state index in [1.54, 1.807) is 11.9 Å².